The number of aryl methyl sites for hydroxylation is 1. The van der Waals surface area contributed by atoms with E-state index in [0.717, 1.165) is 12.8 Å². The number of rotatable bonds is 2. The van der Waals surface area contributed by atoms with Crippen LogP contribution in [0.4, 0.5) is 0 Å². The fourth-order valence-corrected chi connectivity index (χ4v) is 2.09. The molecule has 74 valence electrons. The predicted octanol–water partition coefficient (Wildman–Crippen LogP) is 2.67. The van der Waals surface area contributed by atoms with E-state index in [2.05, 4.69) is 38.1 Å². The smallest absolute Gasteiger partial charge is 0.00510 e. The molecule has 1 atom stereocenters. The van der Waals surface area contributed by atoms with Gasteiger partial charge >= 0.3 is 0 Å². The summed E-state index contributed by atoms with van der Waals surface area (Å²) in [5.41, 5.74) is 11.5. The lowest BCUT2D eigenvalue weighted by Crippen LogP contribution is -2.14. The van der Waals surface area contributed by atoms with Crippen LogP contribution in [0.15, 0.2) is 24.3 Å². The van der Waals surface area contributed by atoms with Gasteiger partial charge in [0.05, 0.1) is 0 Å². The zero-order chi connectivity index (χ0) is 10.1. The third-order valence-electron chi connectivity index (χ3n) is 2.72. The summed E-state index contributed by atoms with van der Waals surface area (Å²) in [5.74, 6) is 0. The molecule has 14 heavy (non-hydrogen) atoms. The number of nitrogens with two attached hydrogens (primary N) is 1. The first-order valence-electron chi connectivity index (χ1n) is 5.21. The van der Waals surface area contributed by atoms with Gasteiger partial charge in [-0.25, -0.2) is 0 Å². The highest BCUT2D eigenvalue weighted by Gasteiger charge is 2.14. The molecule has 1 unspecified atom stereocenters. The third-order valence-corrected chi connectivity index (χ3v) is 2.72. The second kappa shape index (κ2) is 3.58. The molecule has 0 saturated heterocycles. The Morgan fingerprint density at radius 2 is 2.21 bits per heavy atom. The van der Waals surface area contributed by atoms with Gasteiger partial charge in [-0.15, -0.1) is 0 Å². The third kappa shape index (κ3) is 1.73. The summed E-state index contributed by atoms with van der Waals surface area (Å²) in [6.45, 7) is 4.21. The van der Waals surface area contributed by atoms with Gasteiger partial charge in [-0.05, 0) is 43.4 Å². The minimum atomic E-state index is 0.258. The summed E-state index contributed by atoms with van der Waals surface area (Å²) in [7, 11) is 0. The molecule has 0 heterocycles. The van der Waals surface area contributed by atoms with Crippen molar-refractivity contribution < 1.29 is 0 Å². The lowest BCUT2D eigenvalue weighted by atomic mass is 9.99. The predicted molar refractivity (Wildman–Crippen MR) is 61.1 cm³/mol. The van der Waals surface area contributed by atoms with Crippen LogP contribution in [-0.4, -0.2) is 6.04 Å². The van der Waals surface area contributed by atoms with Crippen molar-refractivity contribution in [1.29, 1.82) is 0 Å². The molecule has 0 fully saturated rings. The van der Waals surface area contributed by atoms with Crippen LogP contribution in [0.1, 0.15) is 30.0 Å². The average molecular weight is 187 g/mol. The number of benzene rings is 1. The van der Waals surface area contributed by atoms with Gasteiger partial charge in [0.1, 0.15) is 0 Å². The fourth-order valence-electron chi connectivity index (χ4n) is 2.09. The zero-order valence-corrected chi connectivity index (χ0v) is 8.88. The summed E-state index contributed by atoms with van der Waals surface area (Å²) >= 11 is 0. The van der Waals surface area contributed by atoms with Gasteiger partial charge < -0.3 is 5.73 Å². The maximum Gasteiger partial charge on any atom is 0.00510 e. The molecule has 0 spiro atoms. The molecular weight excluding hydrogens is 170 g/mol. The van der Waals surface area contributed by atoms with Crippen molar-refractivity contribution in [3.63, 3.8) is 0 Å². The van der Waals surface area contributed by atoms with Gasteiger partial charge in [0, 0.05) is 6.04 Å². The number of fused-ring (bicyclic) bond motifs is 1. The van der Waals surface area contributed by atoms with Gasteiger partial charge in [0.15, 0.2) is 0 Å². The minimum Gasteiger partial charge on any atom is -0.328 e. The van der Waals surface area contributed by atoms with E-state index < -0.39 is 0 Å². The number of allylic oxidation sites excluding steroid dienone is 1. The van der Waals surface area contributed by atoms with Crippen LogP contribution in [0, 0.1) is 6.92 Å². The Hall–Kier alpha value is -1.08. The summed E-state index contributed by atoms with van der Waals surface area (Å²) in [4.78, 5) is 0. The molecule has 1 nitrogen and oxygen atoms in total. The molecular formula is C13H17N. The Bertz CT molecular complexity index is 375. The summed E-state index contributed by atoms with van der Waals surface area (Å²) < 4.78 is 0. The van der Waals surface area contributed by atoms with E-state index in [0.29, 0.717) is 0 Å². The first-order chi connectivity index (χ1) is 6.66. The van der Waals surface area contributed by atoms with Crippen LogP contribution in [-0.2, 0) is 6.42 Å². The monoisotopic (exact) mass is 187 g/mol. The van der Waals surface area contributed by atoms with E-state index in [1.807, 2.05) is 0 Å². The van der Waals surface area contributed by atoms with Crippen molar-refractivity contribution in [2.24, 2.45) is 5.73 Å². The van der Waals surface area contributed by atoms with Gasteiger partial charge in [0.2, 0.25) is 0 Å². The van der Waals surface area contributed by atoms with Gasteiger partial charge in [-0.2, -0.15) is 0 Å². The topological polar surface area (TPSA) is 26.0 Å². The maximum absolute atomic E-state index is 5.82. The highest BCUT2D eigenvalue weighted by molar-refractivity contribution is 5.73. The van der Waals surface area contributed by atoms with Crippen molar-refractivity contribution in [2.45, 2.75) is 32.7 Å². The first kappa shape index (κ1) is 9.47. The Labute approximate surface area is 85.6 Å². The maximum atomic E-state index is 5.82. The fraction of sp³-hybridized carbons (Fsp3) is 0.385. The highest BCUT2D eigenvalue weighted by Crippen LogP contribution is 2.30. The Morgan fingerprint density at radius 1 is 1.43 bits per heavy atom. The molecule has 0 aromatic heterocycles. The normalized spacial score (nSPS) is 16.4. The van der Waals surface area contributed by atoms with E-state index in [1.54, 1.807) is 0 Å². The lowest BCUT2D eigenvalue weighted by molar-refractivity contribution is 0.768. The zero-order valence-electron chi connectivity index (χ0n) is 8.88. The van der Waals surface area contributed by atoms with Crippen LogP contribution in [0.5, 0.6) is 0 Å². The molecule has 1 aromatic rings. The van der Waals surface area contributed by atoms with Gasteiger partial charge in [0.25, 0.3) is 0 Å². The van der Waals surface area contributed by atoms with Crippen molar-refractivity contribution in [1.82, 2.24) is 0 Å². The molecule has 1 aliphatic carbocycles. The molecule has 0 amide bonds. The molecule has 0 aliphatic heterocycles. The second-order valence-corrected chi connectivity index (χ2v) is 4.28. The van der Waals surface area contributed by atoms with Gasteiger partial charge in [-0.1, -0.05) is 29.8 Å². The van der Waals surface area contributed by atoms with Crippen LogP contribution in [0.3, 0.4) is 0 Å². The minimum absolute atomic E-state index is 0.258. The van der Waals surface area contributed by atoms with E-state index in [4.69, 9.17) is 5.73 Å². The molecule has 1 aromatic carbocycles. The average Bonchev–Trinajstić information content (AvgIpc) is 2.47. The van der Waals surface area contributed by atoms with Crippen LogP contribution < -0.4 is 5.73 Å². The summed E-state index contributed by atoms with van der Waals surface area (Å²) in [6.07, 6.45) is 4.39. The van der Waals surface area contributed by atoms with Crippen LogP contribution in [0.25, 0.3) is 5.57 Å². The molecule has 1 heteroatoms. The number of hydrogen-bond acceptors (Lipinski definition) is 1. The Balaban J connectivity index is 2.28. The second-order valence-electron chi connectivity index (χ2n) is 4.28. The van der Waals surface area contributed by atoms with Gasteiger partial charge in [-0.3, -0.25) is 0 Å². The number of hydrogen-bond donors (Lipinski definition) is 1. The molecule has 0 radical (unpaired) electrons. The molecule has 0 saturated carbocycles. The van der Waals surface area contributed by atoms with E-state index in [-0.39, 0.29) is 6.04 Å². The largest absolute Gasteiger partial charge is 0.328 e. The standard InChI is InChI=1S/C13H17N/c1-9-3-6-13-11(7-9)4-5-12(13)8-10(2)14/h3,5-7,10H,4,8,14H2,1-2H3. The summed E-state index contributed by atoms with van der Waals surface area (Å²) in [6, 6.07) is 6.94. The van der Waals surface area contributed by atoms with Crippen molar-refractivity contribution in [3.8, 4) is 0 Å². The van der Waals surface area contributed by atoms with E-state index in [1.165, 1.54) is 22.3 Å². The highest BCUT2D eigenvalue weighted by atomic mass is 14.6. The Kier molecular flexibility index (Phi) is 2.42. The van der Waals surface area contributed by atoms with Crippen LogP contribution in [0.2, 0.25) is 0 Å². The van der Waals surface area contributed by atoms with Crippen LogP contribution >= 0.6 is 0 Å². The lowest BCUT2D eigenvalue weighted by Gasteiger charge is -2.08. The first-order valence-corrected chi connectivity index (χ1v) is 5.21. The molecule has 1 aliphatic rings. The van der Waals surface area contributed by atoms with E-state index >= 15 is 0 Å². The quantitative estimate of drug-likeness (QED) is 0.757. The molecule has 2 rings (SSSR count). The van der Waals surface area contributed by atoms with Crippen molar-refractivity contribution in [2.75, 3.05) is 0 Å². The van der Waals surface area contributed by atoms with E-state index in [9.17, 15) is 0 Å². The molecule has 2 N–H and O–H groups in total. The SMILES string of the molecule is Cc1ccc2c(c1)CC=C2CC(C)N. The van der Waals surface area contributed by atoms with Crippen molar-refractivity contribution >= 4 is 5.57 Å². The summed E-state index contributed by atoms with van der Waals surface area (Å²) in [5, 5.41) is 0. The Morgan fingerprint density at radius 3 is 2.93 bits per heavy atom. The van der Waals surface area contributed by atoms with Crippen molar-refractivity contribution in [3.05, 3.63) is 41.0 Å². The molecule has 0 bridgehead atoms.